The summed E-state index contributed by atoms with van der Waals surface area (Å²) in [6.07, 6.45) is -0.00605. The van der Waals surface area contributed by atoms with Crippen molar-refractivity contribution in [3.8, 4) is 22.8 Å². The van der Waals surface area contributed by atoms with Crippen molar-refractivity contribution in [3.63, 3.8) is 0 Å². The summed E-state index contributed by atoms with van der Waals surface area (Å²) in [6, 6.07) is 10.4. The number of hydrogen-bond acceptors (Lipinski definition) is 6. The van der Waals surface area contributed by atoms with E-state index in [1.54, 1.807) is 36.4 Å². The lowest BCUT2D eigenvalue weighted by atomic mass is 9.97. The lowest BCUT2D eigenvalue weighted by Gasteiger charge is -2.15. The molecule has 0 radical (unpaired) electrons. The molecule has 7 heteroatoms. The largest absolute Gasteiger partial charge is 0.493 e. The molecule has 0 atom stereocenters. The maximum absolute atomic E-state index is 12.6. The van der Waals surface area contributed by atoms with Crippen molar-refractivity contribution >= 4 is 16.7 Å². The number of pyridine rings is 1. The van der Waals surface area contributed by atoms with Crippen LogP contribution in [0.2, 0.25) is 0 Å². The van der Waals surface area contributed by atoms with Gasteiger partial charge < -0.3 is 24.3 Å². The molecule has 1 aromatic heterocycles. The van der Waals surface area contributed by atoms with Gasteiger partial charge in [-0.15, -0.1) is 0 Å². The van der Waals surface area contributed by atoms with Crippen molar-refractivity contribution in [1.82, 2.24) is 4.98 Å². The van der Waals surface area contributed by atoms with E-state index in [1.807, 2.05) is 0 Å². The number of hydrogen-bond donors (Lipinski definition) is 2. The quantitative estimate of drug-likeness (QED) is 0.635. The van der Waals surface area contributed by atoms with Crippen LogP contribution in [0.5, 0.6) is 11.5 Å². The lowest BCUT2D eigenvalue weighted by Crippen LogP contribution is -2.11. The second kappa shape index (κ2) is 8.14. The van der Waals surface area contributed by atoms with Gasteiger partial charge in [-0.1, -0.05) is 12.1 Å². The highest BCUT2D eigenvalue weighted by Gasteiger charge is 2.17. The predicted octanol–water partition coefficient (Wildman–Crippen LogP) is 2.42. The molecule has 3 rings (SSSR count). The number of esters is 1. The second-order valence-electron chi connectivity index (χ2n) is 6.17. The molecule has 7 nitrogen and oxygen atoms in total. The van der Waals surface area contributed by atoms with Gasteiger partial charge in [-0.3, -0.25) is 9.59 Å². The van der Waals surface area contributed by atoms with Gasteiger partial charge in [0.05, 0.1) is 34.4 Å². The fourth-order valence-electron chi connectivity index (χ4n) is 3.18. The molecule has 0 aliphatic heterocycles. The first kappa shape index (κ1) is 19.4. The van der Waals surface area contributed by atoms with E-state index in [2.05, 4.69) is 4.98 Å². The summed E-state index contributed by atoms with van der Waals surface area (Å²) in [5, 5.41) is 10.8. The molecule has 0 saturated heterocycles. The summed E-state index contributed by atoms with van der Waals surface area (Å²) < 4.78 is 15.5. The Morgan fingerprint density at radius 3 is 2.36 bits per heavy atom. The number of benzene rings is 2. The maximum atomic E-state index is 12.6. The smallest absolute Gasteiger partial charge is 0.310 e. The highest BCUT2D eigenvalue weighted by atomic mass is 16.5. The van der Waals surface area contributed by atoms with Crippen LogP contribution in [0.25, 0.3) is 22.0 Å². The number of aliphatic hydroxyl groups is 1. The third kappa shape index (κ3) is 3.57. The van der Waals surface area contributed by atoms with Gasteiger partial charge in [0.1, 0.15) is 0 Å². The first-order valence-electron chi connectivity index (χ1n) is 8.60. The topological polar surface area (TPSA) is 97.8 Å². The van der Waals surface area contributed by atoms with E-state index in [1.165, 1.54) is 21.3 Å². The molecule has 0 aliphatic carbocycles. The number of aromatic amines is 1. The summed E-state index contributed by atoms with van der Waals surface area (Å²) >= 11 is 0. The van der Waals surface area contributed by atoms with E-state index in [9.17, 15) is 14.7 Å². The molecule has 0 unspecified atom stereocenters. The summed E-state index contributed by atoms with van der Waals surface area (Å²) in [7, 11) is 4.33. The molecule has 0 spiro atoms. The first-order valence-corrected chi connectivity index (χ1v) is 8.60. The van der Waals surface area contributed by atoms with E-state index >= 15 is 0 Å². The van der Waals surface area contributed by atoms with Crippen molar-refractivity contribution < 1.29 is 24.1 Å². The Bertz CT molecular complexity index is 1090. The molecule has 0 saturated carbocycles. The monoisotopic (exact) mass is 383 g/mol. The Hall–Kier alpha value is -3.32. The number of fused-ring (bicyclic) bond motifs is 1. The zero-order valence-electron chi connectivity index (χ0n) is 15.9. The SMILES string of the molecule is COC(=O)Cc1cc(OC)c(OC)cc1-c1cc2c(CO)cccc2c(=O)[nH]1. The molecular weight excluding hydrogens is 362 g/mol. The van der Waals surface area contributed by atoms with Crippen molar-refractivity contribution in [2.75, 3.05) is 21.3 Å². The molecule has 3 aromatic rings. The van der Waals surface area contributed by atoms with Gasteiger partial charge in [0.2, 0.25) is 0 Å². The van der Waals surface area contributed by atoms with Crippen LogP contribution in [0.15, 0.2) is 41.2 Å². The van der Waals surface area contributed by atoms with Crippen LogP contribution in [-0.4, -0.2) is 37.4 Å². The van der Waals surface area contributed by atoms with Gasteiger partial charge in [-0.05, 0) is 40.8 Å². The normalized spacial score (nSPS) is 10.7. The molecule has 0 aliphatic rings. The minimum Gasteiger partial charge on any atom is -0.493 e. The van der Waals surface area contributed by atoms with E-state index in [0.717, 1.165) is 0 Å². The maximum Gasteiger partial charge on any atom is 0.310 e. The van der Waals surface area contributed by atoms with E-state index < -0.39 is 5.97 Å². The van der Waals surface area contributed by atoms with Crippen LogP contribution in [0.1, 0.15) is 11.1 Å². The van der Waals surface area contributed by atoms with Crippen LogP contribution < -0.4 is 15.0 Å². The van der Waals surface area contributed by atoms with Crippen molar-refractivity contribution in [1.29, 1.82) is 0 Å². The molecule has 0 amide bonds. The van der Waals surface area contributed by atoms with Crippen LogP contribution in [0.3, 0.4) is 0 Å². The number of aromatic nitrogens is 1. The van der Waals surface area contributed by atoms with Crippen LogP contribution in [-0.2, 0) is 22.6 Å². The Morgan fingerprint density at radius 1 is 1.00 bits per heavy atom. The third-order valence-corrected chi connectivity index (χ3v) is 4.61. The van der Waals surface area contributed by atoms with Crippen molar-refractivity contribution in [2.24, 2.45) is 0 Å². The predicted molar refractivity (Wildman–Crippen MR) is 105 cm³/mol. The number of carbonyl (C=O) groups is 1. The van der Waals surface area contributed by atoms with Gasteiger partial charge in [0.25, 0.3) is 5.56 Å². The van der Waals surface area contributed by atoms with Crippen LogP contribution in [0, 0.1) is 0 Å². The Labute approximate surface area is 161 Å². The first-order chi connectivity index (χ1) is 13.5. The van der Waals surface area contributed by atoms with E-state index in [0.29, 0.717) is 44.7 Å². The summed E-state index contributed by atoms with van der Waals surface area (Å²) in [5.74, 6) is 0.500. The molecular formula is C21H21NO6. The van der Waals surface area contributed by atoms with Crippen LogP contribution in [0.4, 0.5) is 0 Å². The summed E-state index contributed by atoms with van der Waals surface area (Å²) in [4.78, 5) is 27.4. The van der Waals surface area contributed by atoms with E-state index in [4.69, 9.17) is 14.2 Å². The average Bonchev–Trinajstić information content (AvgIpc) is 2.72. The summed E-state index contributed by atoms with van der Waals surface area (Å²) in [6.45, 7) is -0.193. The number of carbonyl (C=O) groups excluding carboxylic acids is 1. The number of methoxy groups -OCH3 is 3. The van der Waals surface area contributed by atoms with Crippen molar-refractivity contribution in [3.05, 3.63) is 57.9 Å². The van der Waals surface area contributed by atoms with Crippen LogP contribution >= 0.6 is 0 Å². The van der Waals surface area contributed by atoms with Gasteiger partial charge in [-0.25, -0.2) is 0 Å². The Morgan fingerprint density at radius 2 is 1.71 bits per heavy atom. The van der Waals surface area contributed by atoms with Gasteiger partial charge in [-0.2, -0.15) is 0 Å². The zero-order valence-corrected chi connectivity index (χ0v) is 15.9. The molecule has 0 fully saturated rings. The number of nitrogens with one attached hydrogen (secondary N) is 1. The average molecular weight is 383 g/mol. The molecule has 1 heterocycles. The Kier molecular flexibility index (Phi) is 5.65. The molecule has 0 bridgehead atoms. The number of ether oxygens (including phenoxy) is 3. The lowest BCUT2D eigenvalue weighted by molar-refractivity contribution is -0.139. The van der Waals surface area contributed by atoms with Crippen molar-refractivity contribution in [2.45, 2.75) is 13.0 Å². The molecule has 2 aromatic carbocycles. The minimum absolute atomic E-state index is 0.00605. The second-order valence-corrected chi connectivity index (χ2v) is 6.17. The molecule has 28 heavy (non-hydrogen) atoms. The van der Waals surface area contributed by atoms with Gasteiger partial charge >= 0.3 is 5.97 Å². The zero-order chi connectivity index (χ0) is 20.3. The minimum atomic E-state index is -0.423. The standard InChI is InChI=1S/C21H21NO6/c1-26-18-7-13(8-20(24)28-3)16(10-19(18)27-2)17-9-15-12(11-23)5-4-6-14(15)21(25)22-17/h4-7,9-10,23H,8,11H2,1-3H3,(H,22,25). The summed E-state index contributed by atoms with van der Waals surface area (Å²) in [5.41, 5.74) is 2.07. The van der Waals surface area contributed by atoms with E-state index in [-0.39, 0.29) is 18.6 Å². The van der Waals surface area contributed by atoms with Gasteiger partial charge in [0, 0.05) is 16.6 Å². The number of rotatable bonds is 6. The Balaban J connectivity index is 2.29. The number of aliphatic hydroxyl groups excluding tert-OH is 1. The highest BCUT2D eigenvalue weighted by Crippen LogP contribution is 2.36. The fourth-order valence-corrected chi connectivity index (χ4v) is 3.18. The number of H-pyrrole nitrogens is 1. The highest BCUT2D eigenvalue weighted by molar-refractivity contribution is 5.89. The molecule has 2 N–H and O–H groups in total. The third-order valence-electron chi connectivity index (χ3n) is 4.61. The fraction of sp³-hybridized carbons (Fsp3) is 0.238. The molecule has 146 valence electrons. The van der Waals surface area contributed by atoms with Gasteiger partial charge in [0.15, 0.2) is 11.5 Å².